The molecule has 2 aromatic rings. The summed E-state index contributed by atoms with van der Waals surface area (Å²) in [6, 6.07) is 9.85. The molecule has 1 saturated carbocycles. The fourth-order valence-corrected chi connectivity index (χ4v) is 3.33. The molecule has 0 aliphatic heterocycles. The minimum absolute atomic E-state index is 0.424. The third kappa shape index (κ3) is 2.45. The molecule has 1 aliphatic rings. The van der Waals surface area contributed by atoms with Crippen molar-refractivity contribution >= 4 is 27.1 Å². The van der Waals surface area contributed by atoms with E-state index in [-0.39, 0.29) is 0 Å². The maximum atomic E-state index is 5.92. The van der Waals surface area contributed by atoms with Gasteiger partial charge in [-0.2, -0.15) is 0 Å². The normalized spacial score (nSPS) is 25.0. The minimum Gasteiger partial charge on any atom is -0.382 e. The fourth-order valence-electron chi connectivity index (χ4n) is 2.56. The largest absolute Gasteiger partial charge is 0.382 e. The summed E-state index contributed by atoms with van der Waals surface area (Å²) < 4.78 is 1.36. The van der Waals surface area contributed by atoms with Gasteiger partial charge in [0.25, 0.3) is 0 Å². The Kier molecular flexibility index (Phi) is 3.04. The van der Waals surface area contributed by atoms with Crippen LogP contribution in [0, 0.1) is 0 Å². The van der Waals surface area contributed by atoms with Crippen LogP contribution in [0.5, 0.6) is 0 Å². The standard InChI is InChI=1S/C14H18N2S/c15-11-1-3-12(4-2-11)16-13-5-6-14-10(9-13)7-8-17-14/h5-9,11-12,16H,1-4,15H2. The molecule has 1 aliphatic carbocycles. The van der Waals surface area contributed by atoms with Gasteiger partial charge < -0.3 is 11.1 Å². The van der Waals surface area contributed by atoms with Crippen molar-refractivity contribution in [1.29, 1.82) is 0 Å². The molecule has 3 rings (SSSR count). The Bertz CT molecular complexity index is 498. The second kappa shape index (κ2) is 4.67. The van der Waals surface area contributed by atoms with E-state index in [1.165, 1.54) is 28.6 Å². The van der Waals surface area contributed by atoms with Crippen LogP contribution in [0.25, 0.3) is 10.1 Å². The van der Waals surface area contributed by atoms with Crippen LogP contribution in [-0.4, -0.2) is 12.1 Å². The lowest BCUT2D eigenvalue weighted by molar-refractivity contribution is 0.411. The summed E-state index contributed by atoms with van der Waals surface area (Å²) in [4.78, 5) is 0. The van der Waals surface area contributed by atoms with Gasteiger partial charge in [0, 0.05) is 22.5 Å². The number of anilines is 1. The van der Waals surface area contributed by atoms with E-state index in [4.69, 9.17) is 5.73 Å². The Balaban J connectivity index is 1.71. The average molecular weight is 246 g/mol. The number of fused-ring (bicyclic) bond motifs is 1. The van der Waals surface area contributed by atoms with Crippen LogP contribution in [-0.2, 0) is 0 Å². The number of thiophene rings is 1. The third-order valence-electron chi connectivity index (χ3n) is 3.60. The highest BCUT2D eigenvalue weighted by Gasteiger charge is 2.18. The van der Waals surface area contributed by atoms with Crippen molar-refractivity contribution < 1.29 is 0 Å². The molecule has 0 bridgehead atoms. The number of nitrogens with two attached hydrogens (primary N) is 1. The first-order valence-electron chi connectivity index (χ1n) is 6.30. The zero-order valence-corrected chi connectivity index (χ0v) is 10.7. The quantitative estimate of drug-likeness (QED) is 0.850. The number of nitrogens with one attached hydrogen (secondary N) is 1. The Morgan fingerprint density at radius 1 is 1.12 bits per heavy atom. The van der Waals surface area contributed by atoms with Gasteiger partial charge in [-0.1, -0.05) is 0 Å². The topological polar surface area (TPSA) is 38.0 Å². The SMILES string of the molecule is NC1CCC(Nc2ccc3sccc3c2)CC1. The van der Waals surface area contributed by atoms with Gasteiger partial charge in [-0.05, 0) is 60.7 Å². The molecule has 90 valence electrons. The zero-order chi connectivity index (χ0) is 11.7. The Morgan fingerprint density at radius 3 is 2.76 bits per heavy atom. The minimum atomic E-state index is 0.424. The highest BCUT2D eigenvalue weighted by atomic mass is 32.1. The summed E-state index contributed by atoms with van der Waals surface area (Å²) in [7, 11) is 0. The van der Waals surface area contributed by atoms with Crippen molar-refractivity contribution in [3.8, 4) is 0 Å². The molecular weight excluding hydrogens is 228 g/mol. The Morgan fingerprint density at radius 2 is 1.94 bits per heavy atom. The molecule has 3 N–H and O–H groups in total. The number of benzene rings is 1. The summed E-state index contributed by atoms with van der Waals surface area (Å²) in [5.41, 5.74) is 7.17. The molecule has 1 aromatic carbocycles. The van der Waals surface area contributed by atoms with E-state index in [9.17, 15) is 0 Å². The summed E-state index contributed by atoms with van der Waals surface area (Å²) >= 11 is 1.80. The van der Waals surface area contributed by atoms with Crippen molar-refractivity contribution in [1.82, 2.24) is 0 Å². The van der Waals surface area contributed by atoms with Crippen LogP contribution in [0.2, 0.25) is 0 Å². The van der Waals surface area contributed by atoms with E-state index in [2.05, 4.69) is 35.0 Å². The molecule has 0 amide bonds. The summed E-state index contributed by atoms with van der Waals surface area (Å²) in [6.45, 7) is 0. The van der Waals surface area contributed by atoms with Crippen molar-refractivity contribution in [2.45, 2.75) is 37.8 Å². The molecule has 0 atom stereocenters. The van der Waals surface area contributed by atoms with Gasteiger partial charge in [0.1, 0.15) is 0 Å². The van der Waals surface area contributed by atoms with Gasteiger partial charge in [0.2, 0.25) is 0 Å². The van der Waals surface area contributed by atoms with Crippen LogP contribution in [0.3, 0.4) is 0 Å². The molecule has 0 saturated heterocycles. The van der Waals surface area contributed by atoms with Crippen LogP contribution in [0.4, 0.5) is 5.69 Å². The first-order valence-corrected chi connectivity index (χ1v) is 7.18. The van der Waals surface area contributed by atoms with Gasteiger partial charge in [-0.25, -0.2) is 0 Å². The monoisotopic (exact) mass is 246 g/mol. The van der Waals surface area contributed by atoms with Gasteiger partial charge in [0.05, 0.1) is 0 Å². The lowest BCUT2D eigenvalue weighted by Crippen LogP contribution is -2.32. The molecule has 17 heavy (non-hydrogen) atoms. The maximum absolute atomic E-state index is 5.92. The second-order valence-corrected chi connectivity index (χ2v) is 5.88. The van der Waals surface area contributed by atoms with E-state index in [1.807, 2.05) is 0 Å². The zero-order valence-electron chi connectivity index (χ0n) is 9.86. The van der Waals surface area contributed by atoms with E-state index >= 15 is 0 Å². The van der Waals surface area contributed by atoms with Crippen molar-refractivity contribution in [3.05, 3.63) is 29.6 Å². The van der Waals surface area contributed by atoms with E-state index in [0.717, 1.165) is 12.8 Å². The highest BCUT2D eigenvalue weighted by molar-refractivity contribution is 7.17. The maximum Gasteiger partial charge on any atom is 0.0349 e. The van der Waals surface area contributed by atoms with Crippen LogP contribution >= 0.6 is 11.3 Å². The molecule has 3 heteroatoms. The van der Waals surface area contributed by atoms with Crippen molar-refractivity contribution in [3.63, 3.8) is 0 Å². The number of hydrogen-bond donors (Lipinski definition) is 2. The third-order valence-corrected chi connectivity index (χ3v) is 4.49. The van der Waals surface area contributed by atoms with Gasteiger partial charge in [-0.15, -0.1) is 11.3 Å². The van der Waals surface area contributed by atoms with Gasteiger partial charge in [-0.3, -0.25) is 0 Å². The van der Waals surface area contributed by atoms with E-state index < -0.39 is 0 Å². The number of hydrogen-bond acceptors (Lipinski definition) is 3. The first-order chi connectivity index (χ1) is 8.31. The molecule has 0 unspecified atom stereocenters. The van der Waals surface area contributed by atoms with Crippen molar-refractivity contribution in [2.75, 3.05) is 5.32 Å². The predicted molar refractivity (Wildman–Crippen MR) is 75.7 cm³/mol. The summed E-state index contributed by atoms with van der Waals surface area (Å²) in [5.74, 6) is 0. The van der Waals surface area contributed by atoms with E-state index in [1.54, 1.807) is 11.3 Å². The van der Waals surface area contributed by atoms with Crippen LogP contribution in [0.1, 0.15) is 25.7 Å². The Hall–Kier alpha value is -1.06. The smallest absolute Gasteiger partial charge is 0.0349 e. The average Bonchev–Trinajstić information content (AvgIpc) is 2.79. The lowest BCUT2D eigenvalue weighted by Gasteiger charge is -2.27. The molecule has 2 nitrogen and oxygen atoms in total. The van der Waals surface area contributed by atoms with Gasteiger partial charge in [0.15, 0.2) is 0 Å². The first kappa shape index (κ1) is 11.1. The molecule has 1 heterocycles. The Labute approximate surface area is 106 Å². The molecule has 0 spiro atoms. The van der Waals surface area contributed by atoms with E-state index in [0.29, 0.717) is 12.1 Å². The van der Waals surface area contributed by atoms with Crippen molar-refractivity contribution in [2.24, 2.45) is 5.73 Å². The molecule has 1 aromatic heterocycles. The molecule has 0 radical (unpaired) electrons. The second-order valence-electron chi connectivity index (χ2n) is 4.93. The fraction of sp³-hybridized carbons (Fsp3) is 0.429. The molecular formula is C14H18N2S. The summed E-state index contributed by atoms with van der Waals surface area (Å²) in [6.07, 6.45) is 4.70. The summed E-state index contributed by atoms with van der Waals surface area (Å²) in [5, 5.41) is 7.12. The molecule has 1 fully saturated rings. The van der Waals surface area contributed by atoms with Crippen LogP contribution < -0.4 is 11.1 Å². The highest BCUT2D eigenvalue weighted by Crippen LogP contribution is 2.26. The van der Waals surface area contributed by atoms with Gasteiger partial charge >= 0.3 is 0 Å². The van der Waals surface area contributed by atoms with Crippen LogP contribution in [0.15, 0.2) is 29.6 Å². The predicted octanol–water partition coefficient (Wildman–Crippen LogP) is 3.58. The lowest BCUT2D eigenvalue weighted by atomic mass is 9.91. The number of rotatable bonds is 2.